The van der Waals surface area contributed by atoms with E-state index in [4.69, 9.17) is 28.3 Å². The largest absolute Gasteiger partial charge is 0.329 e. The van der Waals surface area contributed by atoms with Crippen LogP contribution in [0, 0.1) is 5.92 Å². The fourth-order valence-electron chi connectivity index (χ4n) is 4.68. The molecule has 1 aliphatic heterocycles. The van der Waals surface area contributed by atoms with Crippen LogP contribution in [0.4, 0.5) is 0 Å². The summed E-state index contributed by atoms with van der Waals surface area (Å²) in [4.78, 5) is 17.8. The van der Waals surface area contributed by atoms with Crippen molar-refractivity contribution >= 4 is 52.7 Å². The summed E-state index contributed by atoms with van der Waals surface area (Å²) < 4.78 is 1.91. The zero-order valence-corrected chi connectivity index (χ0v) is 21.0. The molecule has 2 atom stereocenters. The van der Waals surface area contributed by atoms with Crippen LogP contribution in [0.5, 0.6) is 0 Å². The van der Waals surface area contributed by atoms with E-state index in [1.165, 1.54) is 17.3 Å². The van der Waals surface area contributed by atoms with E-state index in [2.05, 4.69) is 11.1 Å². The molecule has 2 aliphatic rings. The van der Waals surface area contributed by atoms with E-state index in [9.17, 15) is 4.79 Å². The van der Waals surface area contributed by atoms with Crippen molar-refractivity contribution in [2.45, 2.75) is 30.5 Å². The molecule has 0 radical (unpaired) electrons. The van der Waals surface area contributed by atoms with E-state index in [1.807, 2.05) is 66.3 Å². The summed E-state index contributed by atoms with van der Waals surface area (Å²) in [6.45, 7) is 0. The quantitative estimate of drug-likeness (QED) is 0.361. The average molecular weight is 511 g/mol. The van der Waals surface area contributed by atoms with Gasteiger partial charge in [0, 0.05) is 35.4 Å². The van der Waals surface area contributed by atoms with Crippen LogP contribution in [0.2, 0.25) is 10.0 Å². The van der Waals surface area contributed by atoms with E-state index < -0.39 is 0 Å². The van der Waals surface area contributed by atoms with E-state index >= 15 is 0 Å². The predicted octanol–water partition coefficient (Wildman–Crippen LogP) is 6.64. The number of benzene rings is 2. The maximum atomic E-state index is 13.5. The fourth-order valence-corrected chi connectivity index (χ4v) is 5.79. The second-order valence-electron chi connectivity index (χ2n) is 8.55. The SMILES string of the molecule is Cn1ccnc1SCC(=O)N1N=C2C(=Cc3cccc(Cl)c3)CCCC2C1c1ccc(Cl)cc1. The van der Waals surface area contributed by atoms with Gasteiger partial charge in [-0.2, -0.15) is 5.10 Å². The molecule has 0 N–H and O–H groups in total. The van der Waals surface area contributed by atoms with Gasteiger partial charge in [0.25, 0.3) is 5.91 Å². The Hall–Kier alpha value is -2.54. The summed E-state index contributed by atoms with van der Waals surface area (Å²) in [5.74, 6) is 0.380. The van der Waals surface area contributed by atoms with Crippen molar-refractivity contribution in [2.75, 3.05) is 5.75 Å². The van der Waals surface area contributed by atoms with Crippen molar-refractivity contribution in [2.24, 2.45) is 18.1 Å². The van der Waals surface area contributed by atoms with Crippen molar-refractivity contribution < 1.29 is 4.79 Å². The van der Waals surface area contributed by atoms with Crippen molar-refractivity contribution in [1.82, 2.24) is 14.6 Å². The normalized spacial score (nSPS) is 21.0. The lowest BCUT2D eigenvalue weighted by atomic mass is 9.77. The number of aromatic nitrogens is 2. The van der Waals surface area contributed by atoms with E-state index in [0.717, 1.165) is 41.3 Å². The Morgan fingerprint density at radius 2 is 2.00 bits per heavy atom. The van der Waals surface area contributed by atoms with Crippen molar-refractivity contribution in [3.8, 4) is 0 Å². The van der Waals surface area contributed by atoms with Crippen molar-refractivity contribution in [1.29, 1.82) is 0 Å². The summed E-state index contributed by atoms with van der Waals surface area (Å²) in [7, 11) is 1.92. The Kier molecular flexibility index (Phi) is 6.82. The van der Waals surface area contributed by atoms with Crippen molar-refractivity contribution in [3.63, 3.8) is 0 Å². The first kappa shape index (κ1) is 23.2. The van der Waals surface area contributed by atoms with Gasteiger partial charge in [-0.15, -0.1) is 0 Å². The summed E-state index contributed by atoms with van der Waals surface area (Å²) in [5.41, 5.74) is 4.27. The molecule has 5 nitrogen and oxygen atoms in total. The number of hydrazone groups is 1. The Labute approximate surface area is 213 Å². The molecule has 5 rings (SSSR count). The van der Waals surface area contributed by atoms with Crippen LogP contribution in [0.1, 0.15) is 36.4 Å². The third kappa shape index (κ3) is 4.81. The molecule has 174 valence electrons. The number of fused-ring (bicyclic) bond motifs is 1. The molecule has 1 aliphatic carbocycles. The number of thioether (sulfide) groups is 1. The number of amides is 1. The monoisotopic (exact) mass is 510 g/mol. The summed E-state index contributed by atoms with van der Waals surface area (Å²) in [5, 5.41) is 8.82. The molecule has 3 aromatic rings. The minimum atomic E-state index is -0.148. The third-order valence-corrected chi connectivity index (χ3v) is 7.79. The lowest BCUT2D eigenvalue weighted by molar-refractivity contribution is -0.130. The van der Waals surface area contributed by atoms with Gasteiger partial charge in [0.2, 0.25) is 0 Å². The first-order valence-corrected chi connectivity index (χ1v) is 13.0. The number of imidazole rings is 1. The number of carbonyl (C=O) groups is 1. The number of rotatable bonds is 5. The second-order valence-corrected chi connectivity index (χ2v) is 10.4. The number of halogens is 2. The standard InChI is InChI=1S/C26H24Cl2N4OS/c1-31-13-12-29-26(31)34-16-23(33)32-25(18-8-10-20(27)11-9-18)22-7-3-5-19(24(22)30-32)14-17-4-2-6-21(28)15-17/h2,4,6,8-15,22,25H,3,5,7,16H2,1H3. The molecule has 1 fully saturated rings. The maximum absolute atomic E-state index is 13.5. The maximum Gasteiger partial charge on any atom is 0.253 e. The highest BCUT2D eigenvalue weighted by Crippen LogP contribution is 2.45. The van der Waals surface area contributed by atoms with Gasteiger partial charge in [-0.1, -0.05) is 59.2 Å². The topological polar surface area (TPSA) is 50.5 Å². The predicted molar refractivity (Wildman–Crippen MR) is 139 cm³/mol. The molecular formula is C26H24Cl2N4OS. The summed E-state index contributed by atoms with van der Waals surface area (Å²) in [6, 6.07) is 15.4. The Balaban J connectivity index is 1.48. The number of aryl methyl sites for hydroxylation is 1. The van der Waals surface area contributed by atoms with Gasteiger partial charge in [-0.05, 0) is 66.3 Å². The molecule has 2 aromatic carbocycles. The lowest BCUT2D eigenvalue weighted by Crippen LogP contribution is -2.32. The number of nitrogens with zero attached hydrogens (tertiary/aromatic N) is 4. The molecule has 0 saturated heterocycles. The Bertz CT molecular complexity index is 1270. The van der Waals surface area contributed by atoms with Gasteiger partial charge >= 0.3 is 0 Å². The van der Waals surface area contributed by atoms with Crippen LogP contribution in [0.3, 0.4) is 0 Å². The Morgan fingerprint density at radius 3 is 2.74 bits per heavy atom. The summed E-state index contributed by atoms with van der Waals surface area (Å²) >= 11 is 13.8. The highest BCUT2D eigenvalue weighted by Gasteiger charge is 2.43. The van der Waals surface area contributed by atoms with Crippen LogP contribution in [-0.2, 0) is 11.8 Å². The first-order valence-electron chi connectivity index (χ1n) is 11.2. The van der Waals surface area contributed by atoms with E-state index in [-0.39, 0.29) is 23.6 Å². The van der Waals surface area contributed by atoms with Gasteiger partial charge in [0.15, 0.2) is 5.16 Å². The highest BCUT2D eigenvalue weighted by atomic mass is 35.5. The zero-order valence-electron chi connectivity index (χ0n) is 18.7. The average Bonchev–Trinajstić information content (AvgIpc) is 3.42. The zero-order chi connectivity index (χ0) is 23.7. The molecule has 1 aromatic heterocycles. The van der Waals surface area contributed by atoms with Crippen LogP contribution in [-0.4, -0.2) is 31.9 Å². The van der Waals surface area contributed by atoms with Crippen LogP contribution in [0.25, 0.3) is 6.08 Å². The first-order chi connectivity index (χ1) is 16.5. The van der Waals surface area contributed by atoms with Crippen LogP contribution >= 0.6 is 35.0 Å². The van der Waals surface area contributed by atoms with Gasteiger partial charge in [-0.3, -0.25) is 4.79 Å². The molecule has 0 spiro atoms. The molecule has 34 heavy (non-hydrogen) atoms. The molecular weight excluding hydrogens is 487 g/mol. The smallest absolute Gasteiger partial charge is 0.253 e. The minimum Gasteiger partial charge on any atom is -0.329 e. The molecule has 0 bridgehead atoms. The lowest BCUT2D eigenvalue weighted by Gasteiger charge is -2.29. The van der Waals surface area contributed by atoms with Crippen LogP contribution < -0.4 is 0 Å². The fraction of sp³-hybridized carbons (Fsp3) is 0.269. The molecule has 1 amide bonds. The van der Waals surface area contributed by atoms with Gasteiger partial charge in [0.1, 0.15) is 0 Å². The number of hydrogen-bond donors (Lipinski definition) is 0. The Morgan fingerprint density at radius 1 is 1.18 bits per heavy atom. The minimum absolute atomic E-state index is 0.0306. The third-order valence-electron chi connectivity index (χ3n) is 6.26. The van der Waals surface area contributed by atoms with Gasteiger partial charge < -0.3 is 4.57 Å². The van der Waals surface area contributed by atoms with E-state index in [0.29, 0.717) is 10.0 Å². The van der Waals surface area contributed by atoms with Crippen molar-refractivity contribution in [3.05, 3.63) is 87.7 Å². The van der Waals surface area contributed by atoms with E-state index in [1.54, 1.807) is 11.2 Å². The van der Waals surface area contributed by atoms with Gasteiger partial charge in [0.05, 0.1) is 17.5 Å². The summed E-state index contributed by atoms with van der Waals surface area (Å²) in [6.07, 6.45) is 8.73. The number of allylic oxidation sites excluding steroid dienone is 1. The molecule has 8 heteroatoms. The highest BCUT2D eigenvalue weighted by molar-refractivity contribution is 7.99. The molecule has 1 saturated carbocycles. The number of hydrogen-bond acceptors (Lipinski definition) is 4. The van der Waals surface area contributed by atoms with Crippen LogP contribution in [0.15, 0.2) is 76.8 Å². The molecule has 2 unspecified atom stereocenters. The molecule has 2 heterocycles. The second kappa shape index (κ2) is 9.98. The van der Waals surface area contributed by atoms with Gasteiger partial charge in [-0.25, -0.2) is 9.99 Å². The number of carbonyl (C=O) groups excluding carboxylic acids is 1.